The summed E-state index contributed by atoms with van der Waals surface area (Å²) in [5.41, 5.74) is 35.2. The maximum absolute atomic E-state index is 6.79. The number of fused-ring (bicyclic) bond motifs is 15. The maximum Gasteiger partial charge on any atom is 0.143 e. The molecule has 2 spiro atoms. The van der Waals surface area contributed by atoms with Gasteiger partial charge in [-0.2, -0.15) is 0 Å². The van der Waals surface area contributed by atoms with Gasteiger partial charge in [0.05, 0.1) is 17.1 Å². The Hall–Kier alpha value is -11.3. The van der Waals surface area contributed by atoms with Crippen LogP contribution in [-0.2, 0) is 16.2 Å². The van der Waals surface area contributed by atoms with Crippen LogP contribution in [0.15, 0.2) is 314 Å². The monoisotopic (exact) mass is 1440 g/mol. The molecule has 3 nitrogen and oxygen atoms in total. The van der Waals surface area contributed by atoms with E-state index in [1.165, 1.54) is 179 Å². The third-order valence-electron chi connectivity index (χ3n) is 30.0. The van der Waals surface area contributed by atoms with Crippen molar-refractivity contribution in [2.75, 3.05) is 9.80 Å². The van der Waals surface area contributed by atoms with Gasteiger partial charge in [0.15, 0.2) is 0 Å². The van der Waals surface area contributed by atoms with Crippen molar-refractivity contribution in [2.45, 2.75) is 93.8 Å². The van der Waals surface area contributed by atoms with Crippen LogP contribution in [-0.4, -0.2) is 0 Å². The fraction of sp³-hybridized carbons (Fsp3) is 0.215. The lowest BCUT2D eigenvalue weighted by atomic mass is 9.40. The van der Waals surface area contributed by atoms with E-state index in [0.717, 1.165) is 50.6 Å². The zero-order chi connectivity index (χ0) is 72.7. The summed E-state index contributed by atoms with van der Waals surface area (Å²) in [4.78, 5) is 5.37. The smallest absolute Gasteiger partial charge is 0.143 e. The highest BCUT2D eigenvalue weighted by molar-refractivity contribution is 7.26. The number of rotatable bonds is 10. The number of thiophene rings is 1. The zero-order valence-electron chi connectivity index (χ0n) is 62.7. The summed E-state index contributed by atoms with van der Waals surface area (Å²) in [6, 6.07) is 120. The number of hydrogen-bond donors (Lipinski definition) is 0. The second-order valence-corrected chi connectivity index (χ2v) is 36.3. The van der Waals surface area contributed by atoms with Crippen molar-refractivity contribution in [1.82, 2.24) is 0 Å². The van der Waals surface area contributed by atoms with Crippen molar-refractivity contribution in [3.63, 3.8) is 0 Å². The Morgan fingerprint density at radius 2 is 0.811 bits per heavy atom. The first kappa shape index (κ1) is 63.5. The molecule has 0 aliphatic heterocycles. The third-order valence-corrected chi connectivity index (χ3v) is 31.2. The van der Waals surface area contributed by atoms with Crippen molar-refractivity contribution in [2.24, 2.45) is 47.3 Å². The Labute approximate surface area is 653 Å². The van der Waals surface area contributed by atoms with Gasteiger partial charge in [-0.1, -0.05) is 250 Å². The first-order chi connectivity index (χ1) is 54.7. The van der Waals surface area contributed by atoms with Gasteiger partial charge >= 0.3 is 0 Å². The van der Waals surface area contributed by atoms with E-state index < -0.39 is 0 Å². The van der Waals surface area contributed by atoms with E-state index in [4.69, 9.17) is 4.42 Å². The van der Waals surface area contributed by atoms with E-state index in [1.807, 2.05) is 11.3 Å². The highest BCUT2D eigenvalue weighted by Crippen LogP contribution is 2.75. The number of nitrogens with zero attached hydrogens (tertiary/aromatic N) is 2. The van der Waals surface area contributed by atoms with Crippen LogP contribution < -0.4 is 9.80 Å². The molecule has 8 bridgehead atoms. The molecule has 2 aromatic heterocycles. The molecule has 4 heteroatoms. The second kappa shape index (κ2) is 23.4. The van der Waals surface area contributed by atoms with Crippen LogP contribution in [0.2, 0.25) is 0 Å². The molecule has 0 amide bonds. The van der Waals surface area contributed by atoms with Crippen LogP contribution in [0.3, 0.4) is 0 Å². The molecule has 0 saturated heterocycles. The standard InChI is InChI=1S/C107H84N2OS/c1-105(2)89-37-11-6-28-80(89)81-48-47-77(62-94(81)105)108(75-26-16-24-66(59-75)78-33-18-35-84-82-29-9-14-44-98(82)110-103(78)84)96-42-20-40-92-101(96)86-31-7-13-39-91(86)107(92)73-55-69-56-74(107)58-70(57-73)100(69)68-46-49-95(88(61-68)65-22-4-3-5-23-65)109(76-27-17-25-67(60-76)79-34-19-36-85-83-30-10-15-45-99(83)111-104(79)85)97-43-21-41-93-102(97)87-32-8-12-38-90(87)106(93)71-51-63-50-64(53-71)54-72(106)52-63/h3-49,59-64,69-74,100H,50-58H2,1-2H3/t63-,64?,69-,70?,71-,72-,73-,74-,100-,106-,107?/m1/s1. The predicted molar refractivity (Wildman–Crippen MR) is 461 cm³/mol. The van der Waals surface area contributed by atoms with E-state index in [2.05, 4.69) is 333 Å². The minimum Gasteiger partial charge on any atom is -0.455 e. The first-order valence-corrected chi connectivity index (χ1v) is 42.1. The highest BCUT2D eigenvalue weighted by atomic mass is 32.1. The van der Waals surface area contributed by atoms with Crippen molar-refractivity contribution >= 4 is 87.6 Å². The summed E-state index contributed by atoms with van der Waals surface area (Å²) in [6.07, 6.45) is 11.7. The number of para-hydroxylation sites is 2. The minimum absolute atomic E-state index is 0.0320. The molecule has 16 aromatic rings. The van der Waals surface area contributed by atoms with Gasteiger partial charge in [0.1, 0.15) is 11.2 Å². The Bertz CT molecular complexity index is 6560. The van der Waals surface area contributed by atoms with Crippen molar-refractivity contribution in [3.8, 4) is 66.8 Å². The van der Waals surface area contributed by atoms with Crippen LogP contribution in [0.4, 0.5) is 34.1 Å². The molecule has 8 saturated carbocycles. The summed E-state index contributed by atoms with van der Waals surface area (Å²) < 4.78 is 9.47. The minimum atomic E-state index is -0.178. The van der Waals surface area contributed by atoms with Gasteiger partial charge in [-0.05, 0) is 267 Å². The largest absolute Gasteiger partial charge is 0.455 e. The van der Waals surface area contributed by atoms with E-state index in [1.54, 1.807) is 22.3 Å². The lowest BCUT2D eigenvalue weighted by molar-refractivity contribution is -0.0570. The maximum atomic E-state index is 6.79. The normalized spacial score (nSPS) is 24.6. The molecule has 11 aliphatic carbocycles. The van der Waals surface area contributed by atoms with Gasteiger partial charge < -0.3 is 14.2 Å². The van der Waals surface area contributed by atoms with Gasteiger partial charge in [0, 0.05) is 86.5 Å². The molecule has 0 radical (unpaired) electrons. The van der Waals surface area contributed by atoms with E-state index in [-0.39, 0.29) is 16.2 Å². The fourth-order valence-electron chi connectivity index (χ4n) is 26.3. The summed E-state index contributed by atoms with van der Waals surface area (Å²) in [6.45, 7) is 4.84. The molecular weight excluding hydrogens is 1360 g/mol. The molecule has 8 fully saturated rings. The second-order valence-electron chi connectivity index (χ2n) is 35.3. The molecule has 0 unspecified atom stereocenters. The molecule has 534 valence electrons. The third kappa shape index (κ3) is 8.70. The Balaban J connectivity index is 0.624. The molecular formula is C107H84N2OS. The molecule has 27 rings (SSSR count). The van der Waals surface area contributed by atoms with Gasteiger partial charge in [-0.25, -0.2) is 0 Å². The zero-order valence-corrected chi connectivity index (χ0v) is 63.5. The summed E-state index contributed by atoms with van der Waals surface area (Å²) >= 11 is 1.93. The van der Waals surface area contributed by atoms with Crippen LogP contribution >= 0.6 is 11.3 Å². The van der Waals surface area contributed by atoms with E-state index >= 15 is 0 Å². The molecule has 11 aliphatic rings. The summed E-state index contributed by atoms with van der Waals surface area (Å²) in [5.74, 6) is 5.67. The van der Waals surface area contributed by atoms with Crippen LogP contribution in [0.1, 0.15) is 116 Å². The average Bonchev–Trinajstić information content (AvgIpc) is 1.54. The summed E-state index contributed by atoms with van der Waals surface area (Å²) in [7, 11) is 0. The number of benzene rings is 14. The average molecular weight is 1450 g/mol. The van der Waals surface area contributed by atoms with Crippen LogP contribution in [0, 0.1) is 47.3 Å². The van der Waals surface area contributed by atoms with Crippen molar-refractivity contribution in [3.05, 3.63) is 348 Å². The number of hydrogen-bond acceptors (Lipinski definition) is 4. The van der Waals surface area contributed by atoms with Crippen molar-refractivity contribution < 1.29 is 4.42 Å². The lowest BCUT2D eigenvalue weighted by Crippen LogP contribution is -2.57. The predicted octanol–water partition coefficient (Wildman–Crippen LogP) is 29.0. The van der Waals surface area contributed by atoms with E-state index in [9.17, 15) is 0 Å². The molecule has 0 N–H and O–H groups in total. The Morgan fingerprint density at radius 3 is 1.50 bits per heavy atom. The van der Waals surface area contributed by atoms with Gasteiger partial charge in [0.2, 0.25) is 0 Å². The van der Waals surface area contributed by atoms with E-state index in [0.29, 0.717) is 41.4 Å². The lowest BCUT2D eigenvalue weighted by Gasteiger charge is -2.63. The highest BCUT2D eigenvalue weighted by Gasteiger charge is 2.65. The van der Waals surface area contributed by atoms with Crippen molar-refractivity contribution in [1.29, 1.82) is 0 Å². The Kier molecular flexibility index (Phi) is 13.4. The van der Waals surface area contributed by atoms with Gasteiger partial charge in [-0.15, -0.1) is 11.3 Å². The topological polar surface area (TPSA) is 19.6 Å². The van der Waals surface area contributed by atoms with Gasteiger partial charge in [0.25, 0.3) is 0 Å². The summed E-state index contributed by atoms with van der Waals surface area (Å²) in [5, 5.41) is 4.96. The quantitative estimate of drug-likeness (QED) is 0.136. The molecule has 0 atom stereocenters. The van der Waals surface area contributed by atoms with Crippen LogP contribution in [0.25, 0.3) is 109 Å². The Morgan fingerprint density at radius 1 is 0.315 bits per heavy atom. The SMILES string of the molecule is CC1(C)c2ccccc2-c2ccc(N(c3cccc(-c4cccc5c4oc4ccccc45)c3)c3cccc4c3-c3ccccc3C43[C@H]4CC5C[C@H]3C[C@H](C4)[C@H]5c3ccc(N(c4cccc(-c5cccc6c5sc5ccccc56)c4)c4cccc5c4-c4ccccc4[C@]54[C@H]5CC6C[C@H](C5)C[C@@H]4C6)c(-c4ccccc4)c3)cc21. The molecule has 2 heterocycles. The fourth-order valence-corrected chi connectivity index (χ4v) is 27.5. The first-order valence-electron chi connectivity index (χ1n) is 41.3. The van der Waals surface area contributed by atoms with Gasteiger partial charge in [-0.3, -0.25) is 0 Å². The molecule has 111 heavy (non-hydrogen) atoms. The number of furan rings is 1. The van der Waals surface area contributed by atoms with Crippen LogP contribution in [0.5, 0.6) is 0 Å². The molecule has 14 aromatic carbocycles. The number of anilines is 6.